The van der Waals surface area contributed by atoms with Gasteiger partial charge < -0.3 is 18.9 Å². The number of halogens is 1. The van der Waals surface area contributed by atoms with Crippen molar-refractivity contribution >= 4 is 11.8 Å². The Bertz CT molecular complexity index is 1220. The molecule has 0 saturated carbocycles. The van der Waals surface area contributed by atoms with Crippen LogP contribution in [0, 0.1) is 0 Å². The van der Waals surface area contributed by atoms with Gasteiger partial charge in [-0.2, -0.15) is 0 Å². The zero-order chi connectivity index (χ0) is 24.6. The maximum atomic E-state index is 15.7. The summed E-state index contributed by atoms with van der Waals surface area (Å²) >= 11 is 0. The van der Waals surface area contributed by atoms with Gasteiger partial charge in [-0.15, -0.1) is 0 Å². The largest absolute Gasteiger partial charge is 0.368 e. The highest BCUT2D eigenvalue weighted by Crippen LogP contribution is 2.39. The zero-order valence-electron chi connectivity index (χ0n) is 19.2. The highest BCUT2D eigenvalue weighted by atomic mass is 19.1. The Kier molecular flexibility index (Phi) is 6.10. The van der Waals surface area contributed by atoms with Crippen molar-refractivity contribution in [3.8, 4) is 0 Å². The number of amides is 2. The van der Waals surface area contributed by atoms with Gasteiger partial charge in [-0.1, -0.05) is 72.8 Å². The molecule has 0 spiro atoms. The molecule has 2 saturated heterocycles. The van der Waals surface area contributed by atoms with E-state index < -0.39 is 48.8 Å². The molecule has 3 heterocycles. The summed E-state index contributed by atoms with van der Waals surface area (Å²) in [5, 5.41) is 0. The smallest absolute Gasteiger partial charge is 0.262 e. The lowest BCUT2D eigenvalue weighted by atomic mass is 9.94. The molecule has 0 bridgehead atoms. The lowest BCUT2D eigenvalue weighted by Crippen LogP contribution is -2.66. The summed E-state index contributed by atoms with van der Waals surface area (Å²) in [6.07, 6.45) is -5.25. The first-order valence-electron chi connectivity index (χ1n) is 11.9. The predicted octanol–water partition coefficient (Wildman–Crippen LogP) is 4.05. The molecule has 36 heavy (non-hydrogen) atoms. The highest BCUT2D eigenvalue weighted by Gasteiger charge is 2.56. The number of hydrogen-bond donors (Lipinski definition) is 0. The maximum absolute atomic E-state index is 15.7. The van der Waals surface area contributed by atoms with Crippen molar-refractivity contribution in [2.24, 2.45) is 0 Å². The van der Waals surface area contributed by atoms with Crippen molar-refractivity contribution in [3.05, 3.63) is 107 Å². The SMILES string of the molecule is O=C1c2ccccc2C(=O)N1[C@@H]1[C@@H](OCc2ccccc2)[C@@H]2OC(c3ccccc3)OC[C@H]2O[C@H]1F. The lowest BCUT2D eigenvalue weighted by molar-refractivity contribution is -0.338. The van der Waals surface area contributed by atoms with Crippen LogP contribution in [0.4, 0.5) is 4.39 Å². The van der Waals surface area contributed by atoms with Gasteiger partial charge in [0.15, 0.2) is 6.29 Å². The highest BCUT2D eigenvalue weighted by molar-refractivity contribution is 6.21. The minimum absolute atomic E-state index is 0.0741. The van der Waals surface area contributed by atoms with E-state index in [4.69, 9.17) is 18.9 Å². The second-order valence-electron chi connectivity index (χ2n) is 8.98. The van der Waals surface area contributed by atoms with Crippen LogP contribution in [0.3, 0.4) is 0 Å². The van der Waals surface area contributed by atoms with E-state index in [1.165, 1.54) is 0 Å². The number of ether oxygens (including phenoxy) is 4. The molecule has 184 valence electrons. The number of imide groups is 1. The topological polar surface area (TPSA) is 74.3 Å². The molecular formula is C28H24FNO6. The first kappa shape index (κ1) is 23.0. The molecule has 1 unspecified atom stereocenters. The Labute approximate surface area is 207 Å². The van der Waals surface area contributed by atoms with Crippen LogP contribution in [-0.2, 0) is 25.6 Å². The van der Waals surface area contributed by atoms with Crippen molar-refractivity contribution in [1.29, 1.82) is 0 Å². The zero-order valence-corrected chi connectivity index (χ0v) is 19.2. The number of benzene rings is 3. The van der Waals surface area contributed by atoms with Crippen molar-refractivity contribution in [2.45, 2.75) is 43.6 Å². The molecule has 0 aliphatic carbocycles. The van der Waals surface area contributed by atoms with E-state index in [-0.39, 0.29) is 24.3 Å². The number of carbonyl (C=O) groups is 2. The molecular weight excluding hydrogens is 465 g/mol. The molecule has 3 aliphatic heterocycles. The molecule has 7 nitrogen and oxygen atoms in total. The Balaban J connectivity index is 1.35. The van der Waals surface area contributed by atoms with Gasteiger partial charge in [-0.3, -0.25) is 14.5 Å². The summed E-state index contributed by atoms with van der Waals surface area (Å²) in [5.74, 6) is -1.16. The van der Waals surface area contributed by atoms with E-state index in [1.54, 1.807) is 24.3 Å². The Morgan fingerprint density at radius 3 is 2.11 bits per heavy atom. The van der Waals surface area contributed by atoms with Crippen LogP contribution < -0.4 is 0 Å². The molecule has 0 radical (unpaired) electrons. The van der Waals surface area contributed by atoms with Crippen molar-refractivity contribution in [3.63, 3.8) is 0 Å². The second kappa shape index (κ2) is 9.55. The van der Waals surface area contributed by atoms with E-state index in [0.717, 1.165) is 16.0 Å². The van der Waals surface area contributed by atoms with E-state index >= 15 is 4.39 Å². The molecule has 2 amide bonds. The minimum Gasteiger partial charge on any atom is -0.368 e. The van der Waals surface area contributed by atoms with Gasteiger partial charge in [-0.25, -0.2) is 4.39 Å². The molecule has 3 aromatic rings. The van der Waals surface area contributed by atoms with Crippen LogP contribution in [0.5, 0.6) is 0 Å². The Morgan fingerprint density at radius 2 is 1.44 bits per heavy atom. The fraction of sp³-hybridized carbons (Fsp3) is 0.286. The molecule has 6 atom stereocenters. The molecule has 0 N–H and O–H groups in total. The molecule has 3 aliphatic rings. The minimum atomic E-state index is -1.98. The van der Waals surface area contributed by atoms with Gasteiger partial charge in [0.05, 0.1) is 24.3 Å². The van der Waals surface area contributed by atoms with Gasteiger partial charge in [0.25, 0.3) is 11.8 Å². The van der Waals surface area contributed by atoms with Gasteiger partial charge >= 0.3 is 0 Å². The van der Waals surface area contributed by atoms with Gasteiger partial charge in [0.2, 0.25) is 6.36 Å². The molecule has 0 aromatic heterocycles. The normalized spacial score (nSPS) is 29.6. The van der Waals surface area contributed by atoms with Crippen LogP contribution in [0.25, 0.3) is 0 Å². The van der Waals surface area contributed by atoms with Crippen LogP contribution in [0.2, 0.25) is 0 Å². The predicted molar refractivity (Wildman–Crippen MR) is 126 cm³/mol. The van der Waals surface area contributed by atoms with Gasteiger partial charge in [0.1, 0.15) is 24.4 Å². The maximum Gasteiger partial charge on any atom is 0.262 e. The fourth-order valence-corrected chi connectivity index (χ4v) is 5.03. The second-order valence-corrected chi connectivity index (χ2v) is 8.98. The number of rotatable bonds is 5. The molecule has 3 aromatic carbocycles. The van der Waals surface area contributed by atoms with Crippen LogP contribution in [0.15, 0.2) is 84.9 Å². The number of fused-ring (bicyclic) bond motifs is 2. The summed E-state index contributed by atoms with van der Waals surface area (Å²) in [7, 11) is 0. The Morgan fingerprint density at radius 1 is 0.833 bits per heavy atom. The van der Waals surface area contributed by atoms with Crippen LogP contribution in [0.1, 0.15) is 38.1 Å². The molecule has 2 fully saturated rings. The third-order valence-corrected chi connectivity index (χ3v) is 6.77. The van der Waals surface area contributed by atoms with Crippen molar-refractivity contribution < 1.29 is 32.9 Å². The summed E-state index contributed by atoms with van der Waals surface area (Å²) in [4.78, 5) is 27.5. The van der Waals surface area contributed by atoms with E-state index in [2.05, 4.69) is 0 Å². The molecule has 6 rings (SSSR count). The van der Waals surface area contributed by atoms with E-state index in [0.29, 0.717) is 0 Å². The standard InChI is InChI=1S/C28H24FNO6/c29-25-22(30-26(31)19-13-7-8-14-20(19)27(30)32)24(33-15-17-9-3-1-4-10-17)23-21(35-25)16-34-28(36-23)18-11-5-2-6-12-18/h1-14,21-25,28H,15-16H2/t21-,22-,23-,24-,25-,28?/m1/s1. The van der Waals surface area contributed by atoms with Crippen molar-refractivity contribution in [2.75, 3.05) is 6.61 Å². The summed E-state index contributed by atoms with van der Waals surface area (Å²) in [6.45, 7) is 0.214. The quantitative estimate of drug-likeness (QED) is 0.504. The van der Waals surface area contributed by atoms with Crippen LogP contribution >= 0.6 is 0 Å². The average Bonchev–Trinajstić information content (AvgIpc) is 3.17. The molecule has 8 heteroatoms. The fourth-order valence-electron chi connectivity index (χ4n) is 5.03. The first-order valence-corrected chi connectivity index (χ1v) is 11.9. The summed E-state index contributed by atoms with van der Waals surface area (Å²) in [5.41, 5.74) is 2.11. The number of nitrogens with zero attached hydrogens (tertiary/aromatic N) is 1. The monoisotopic (exact) mass is 489 g/mol. The third kappa shape index (κ3) is 4.02. The third-order valence-electron chi connectivity index (χ3n) is 6.77. The summed E-state index contributed by atoms with van der Waals surface area (Å²) in [6, 6.07) is 23.9. The number of hydrogen-bond acceptors (Lipinski definition) is 6. The number of carbonyl (C=O) groups excluding carboxylic acids is 2. The van der Waals surface area contributed by atoms with E-state index in [9.17, 15) is 9.59 Å². The average molecular weight is 489 g/mol. The number of alkyl halides is 1. The van der Waals surface area contributed by atoms with E-state index in [1.807, 2.05) is 60.7 Å². The lowest BCUT2D eigenvalue weighted by Gasteiger charge is -2.49. The first-order chi connectivity index (χ1) is 17.6. The summed E-state index contributed by atoms with van der Waals surface area (Å²) < 4.78 is 39.7. The van der Waals surface area contributed by atoms with Gasteiger partial charge in [0, 0.05) is 5.56 Å². The van der Waals surface area contributed by atoms with Crippen molar-refractivity contribution in [1.82, 2.24) is 4.90 Å². The Hall–Kier alpha value is -3.43. The van der Waals surface area contributed by atoms with Gasteiger partial charge in [-0.05, 0) is 17.7 Å². The van der Waals surface area contributed by atoms with Crippen LogP contribution in [-0.4, -0.2) is 54.0 Å².